The monoisotopic (exact) mass is 526 g/mol. The molecule has 0 spiro atoms. The molecule has 0 aromatic heterocycles. The van der Waals surface area contributed by atoms with E-state index < -0.39 is 9.84 Å². The van der Waals surface area contributed by atoms with E-state index in [9.17, 15) is 8.42 Å². The van der Waals surface area contributed by atoms with Crippen molar-refractivity contribution in [1.29, 1.82) is 0 Å². The highest BCUT2D eigenvalue weighted by molar-refractivity contribution is 7.90. The summed E-state index contributed by atoms with van der Waals surface area (Å²) in [5.74, 6) is 1.83. The van der Waals surface area contributed by atoms with Gasteiger partial charge in [-0.25, -0.2) is 8.42 Å². The number of benzene rings is 1. The summed E-state index contributed by atoms with van der Waals surface area (Å²) in [6, 6.07) is 2.73. The molecule has 0 saturated carbocycles. The Hall–Kier alpha value is -2.13. The van der Waals surface area contributed by atoms with Crippen molar-refractivity contribution in [3.8, 4) is 5.75 Å². The number of rotatable bonds is 8. The van der Waals surface area contributed by atoms with Gasteiger partial charge in [0.15, 0.2) is 27.6 Å². The molecule has 1 aliphatic carbocycles. The van der Waals surface area contributed by atoms with Crippen LogP contribution in [0.15, 0.2) is 65.0 Å². The largest absolute Gasteiger partial charge is 0.490 e. The van der Waals surface area contributed by atoms with E-state index in [2.05, 4.69) is 22.0 Å². The van der Waals surface area contributed by atoms with E-state index in [0.29, 0.717) is 12.4 Å². The molecule has 7 nitrogen and oxygen atoms in total. The molecule has 184 valence electrons. The fourth-order valence-corrected chi connectivity index (χ4v) is 5.32. The second kappa shape index (κ2) is 11.1. The molecule has 0 bridgehead atoms. The SMILES string of the molecule is CS(=O)(=O)c1cc(Cl)c(OCCCN2CCN(C3=COC(C4=CC=CCC4)=CO3)CC2)c(Cl)c1. The van der Waals surface area contributed by atoms with Crippen LogP contribution in [0.1, 0.15) is 19.3 Å². The maximum atomic E-state index is 11.7. The third kappa shape index (κ3) is 6.30. The highest BCUT2D eigenvalue weighted by Crippen LogP contribution is 2.35. The van der Waals surface area contributed by atoms with Gasteiger partial charge in [0.2, 0.25) is 5.88 Å². The normalized spacial score (nSPS) is 19.0. The van der Waals surface area contributed by atoms with E-state index in [4.69, 9.17) is 37.4 Å². The minimum Gasteiger partial charge on any atom is -0.490 e. The summed E-state index contributed by atoms with van der Waals surface area (Å²) in [6.45, 7) is 4.78. The van der Waals surface area contributed by atoms with Crippen LogP contribution in [0.25, 0.3) is 0 Å². The smallest absolute Gasteiger partial charge is 0.231 e. The number of piperazine rings is 1. The topological polar surface area (TPSA) is 68.3 Å². The van der Waals surface area contributed by atoms with Gasteiger partial charge in [-0.3, -0.25) is 4.90 Å². The molecule has 1 aromatic rings. The zero-order chi connectivity index (χ0) is 24.1. The van der Waals surface area contributed by atoms with Gasteiger partial charge in [0.1, 0.15) is 6.26 Å². The van der Waals surface area contributed by atoms with Crippen LogP contribution in [-0.2, 0) is 19.3 Å². The van der Waals surface area contributed by atoms with Crippen LogP contribution in [-0.4, -0.2) is 63.8 Å². The molecule has 0 unspecified atom stereocenters. The van der Waals surface area contributed by atoms with Crippen LogP contribution >= 0.6 is 23.2 Å². The standard InChI is InChI=1S/C24H28Cl2N2O5S/c1-34(29,30)19-14-20(25)24(21(26)15-19)31-13-5-8-27-9-11-28(12-10-27)23-17-32-22(16-33-23)18-6-3-2-4-7-18/h2-3,6,14-17H,4-5,7-13H2,1H3. The minimum absolute atomic E-state index is 0.0742. The fraction of sp³-hybridized carbons (Fsp3) is 0.417. The Morgan fingerprint density at radius 2 is 1.79 bits per heavy atom. The summed E-state index contributed by atoms with van der Waals surface area (Å²) < 4.78 is 40.8. The van der Waals surface area contributed by atoms with Crippen LogP contribution in [0.2, 0.25) is 10.0 Å². The summed E-state index contributed by atoms with van der Waals surface area (Å²) in [5, 5.41) is 0.385. The lowest BCUT2D eigenvalue weighted by Gasteiger charge is -2.36. The van der Waals surface area contributed by atoms with Crippen molar-refractivity contribution in [2.45, 2.75) is 24.2 Å². The molecule has 1 fully saturated rings. The molecule has 0 amide bonds. The quantitative estimate of drug-likeness (QED) is 0.452. The molecule has 1 saturated heterocycles. The minimum atomic E-state index is -3.39. The molecular formula is C24H28Cl2N2O5S. The number of ether oxygens (including phenoxy) is 3. The number of allylic oxidation sites excluding steroid dienone is 4. The molecule has 0 atom stereocenters. The zero-order valence-corrected chi connectivity index (χ0v) is 21.3. The highest BCUT2D eigenvalue weighted by Gasteiger charge is 2.23. The van der Waals surface area contributed by atoms with Gasteiger partial charge >= 0.3 is 0 Å². The lowest BCUT2D eigenvalue weighted by molar-refractivity contribution is 0.0823. The van der Waals surface area contributed by atoms with E-state index in [1.165, 1.54) is 12.1 Å². The van der Waals surface area contributed by atoms with Crippen molar-refractivity contribution in [3.63, 3.8) is 0 Å². The Kier molecular flexibility index (Phi) is 8.14. The van der Waals surface area contributed by atoms with E-state index in [1.807, 2.05) is 6.08 Å². The predicted octanol–water partition coefficient (Wildman–Crippen LogP) is 4.75. The van der Waals surface area contributed by atoms with E-state index in [1.54, 1.807) is 12.5 Å². The molecule has 0 radical (unpaired) electrons. The number of halogens is 2. The van der Waals surface area contributed by atoms with Crippen molar-refractivity contribution in [1.82, 2.24) is 9.80 Å². The van der Waals surface area contributed by atoms with Crippen molar-refractivity contribution in [2.24, 2.45) is 0 Å². The summed E-state index contributed by atoms with van der Waals surface area (Å²) in [7, 11) is -3.39. The maximum Gasteiger partial charge on any atom is 0.231 e. The van der Waals surface area contributed by atoms with Crippen molar-refractivity contribution in [2.75, 3.05) is 45.6 Å². The Bertz CT molecular complexity index is 1110. The van der Waals surface area contributed by atoms with Crippen LogP contribution in [0.3, 0.4) is 0 Å². The number of sulfone groups is 1. The van der Waals surface area contributed by atoms with Crippen LogP contribution < -0.4 is 4.74 Å². The molecule has 0 N–H and O–H groups in total. The Morgan fingerprint density at radius 3 is 2.38 bits per heavy atom. The second-order valence-corrected chi connectivity index (χ2v) is 11.2. The molecule has 4 rings (SSSR count). The van der Waals surface area contributed by atoms with E-state index in [-0.39, 0.29) is 14.9 Å². The average molecular weight is 527 g/mol. The van der Waals surface area contributed by atoms with E-state index in [0.717, 1.165) is 75.5 Å². The summed E-state index contributed by atoms with van der Waals surface area (Å²) in [5.41, 5.74) is 1.15. The van der Waals surface area contributed by atoms with Gasteiger partial charge in [-0.2, -0.15) is 0 Å². The molecule has 10 heteroatoms. The first kappa shape index (κ1) is 25.0. The molecule has 34 heavy (non-hydrogen) atoms. The van der Waals surface area contributed by atoms with Crippen LogP contribution in [0.5, 0.6) is 5.75 Å². The first-order valence-corrected chi connectivity index (χ1v) is 13.8. The van der Waals surface area contributed by atoms with Gasteiger partial charge in [0.05, 0.1) is 21.5 Å². The van der Waals surface area contributed by atoms with Crippen molar-refractivity contribution < 1.29 is 22.6 Å². The number of hydrogen-bond donors (Lipinski definition) is 0. The molecule has 2 heterocycles. The first-order valence-electron chi connectivity index (χ1n) is 11.2. The Labute approximate surface area is 210 Å². The molecular weight excluding hydrogens is 499 g/mol. The van der Waals surface area contributed by atoms with Crippen molar-refractivity contribution >= 4 is 33.0 Å². The molecule has 1 aromatic carbocycles. The highest BCUT2D eigenvalue weighted by atomic mass is 35.5. The Balaban J connectivity index is 1.18. The number of hydrogen-bond acceptors (Lipinski definition) is 7. The fourth-order valence-electron chi connectivity index (χ4n) is 3.93. The molecule has 2 aliphatic heterocycles. The first-order chi connectivity index (χ1) is 16.3. The van der Waals surface area contributed by atoms with Gasteiger partial charge in [-0.15, -0.1) is 0 Å². The Morgan fingerprint density at radius 1 is 1.06 bits per heavy atom. The van der Waals surface area contributed by atoms with Gasteiger partial charge in [0.25, 0.3) is 0 Å². The van der Waals surface area contributed by atoms with E-state index >= 15 is 0 Å². The predicted molar refractivity (Wildman–Crippen MR) is 132 cm³/mol. The van der Waals surface area contributed by atoms with Gasteiger partial charge in [-0.1, -0.05) is 41.4 Å². The van der Waals surface area contributed by atoms with Gasteiger partial charge in [0, 0.05) is 39.0 Å². The number of nitrogens with zero attached hydrogens (tertiary/aromatic N) is 2. The third-order valence-corrected chi connectivity index (χ3v) is 7.51. The van der Waals surface area contributed by atoms with Crippen LogP contribution in [0, 0.1) is 0 Å². The second-order valence-electron chi connectivity index (χ2n) is 8.35. The van der Waals surface area contributed by atoms with Gasteiger partial charge < -0.3 is 19.1 Å². The maximum absolute atomic E-state index is 11.7. The lowest BCUT2D eigenvalue weighted by Crippen LogP contribution is -2.46. The summed E-state index contributed by atoms with van der Waals surface area (Å²) in [6.07, 6.45) is 13.5. The average Bonchev–Trinajstić information content (AvgIpc) is 2.83. The van der Waals surface area contributed by atoms with Gasteiger partial charge in [-0.05, 0) is 37.0 Å². The summed E-state index contributed by atoms with van der Waals surface area (Å²) >= 11 is 12.4. The van der Waals surface area contributed by atoms with Crippen molar-refractivity contribution in [3.05, 3.63) is 70.1 Å². The lowest BCUT2D eigenvalue weighted by atomic mass is 10.0. The summed E-state index contributed by atoms with van der Waals surface area (Å²) in [4.78, 5) is 4.61. The van der Waals surface area contributed by atoms with Crippen LogP contribution in [0.4, 0.5) is 0 Å². The molecule has 3 aliphatic rings. The third-order valence-electron chi connectivity index (χ3n) is 5.85. The zero-order valence-electron chi connectivity index (χ0n) is 19.0.